The lowest BCUT2D eigenvalue weighted by Crippen LogP contribution is -2.57. The van der Waals surface area contributed by atoms with Crippen LogP contribution in [0.15, 0.2) is 12.2 Å². The third-order valence-electron chi connectivity index (χ3n) is 3.50. The Morgan fingerprint density at radius 1 is 1.38 bits per heavy atom. The maximum atomic E-state index is 11.1. The van der Waals surface area contributed by atoms with Crippen molar-refractivity contribution in [3.8, 4) is 0 Å². The lowest BCUT2D eigenvalue weighted by atomic mass is 9.76. The number of allylic oxidation sites excluding steroid dienone is 1. The van der Waals surface area contributed by atoms with Crippen LogP contribution in [0.1, 0.15) is 6.42 Å². The van der Waals surface area contributed by atoms with Crippen molar-refractivity contribution in [3.63, 3.8) is 0 Å². The number of carboxylic acid groups (broad SMARTS) is 2. The molecule has 0 aliphatic heterocycles. The minimum atomic E-state index is -2.40. The molecule has 0 aromatic carbocycles. The van der Waals surface area contributed by atoms with Crippen molar-refractivity contribution in [2.45, 2.75) is 12.0 Å². The van der Waals surface area contributed by atoms with Crippen molar-refractivity contribution in [1.29, 1.82) is 0 Å². The van der Waals surface area contributed by atoms with E-state index in [9.17, 15) is 19.7 Å². The van der Waals surface area contributed by atoms with Crippen molar-refractivity contribution in [2.24, 2.45) is 17.8 Å². The molecule has 1 fully saturated rings. The number of carboxylic acids is 2. The fourth-order valence-corrected chi connectivity index (χ4v) is 2.85. The van der Waals surface area contributed by atoms with Gasteiger partial charge in [-0.2, -0.15) is 0 Å². The molecule has 0 unspecified atom stereocenters. The van der Waals surface area contributed by atoms with Crippen LogP contribution in [0.3, 0.4) is 0 Å². The molecule has 16 heavy (non-hydrogen) atoms. The fourth-order valence-electron chi connectivity index (χ4n) is 2.85. The Kier molecular flexibility index (Phi) is 2.01. The Labute approximate surface area is 89.5 Å². The normalized spacial score (nSPS) is 39.9. The molecule has 0 saturated heterocycles. The number of nitro groups is 1. The summed E-state index contributed by atoms with van der Waals surface area (Å²) in [4.78, 5) is 32.2. The molecule has 0 radical (unpaired) electrons. The molecule has 0 amide bonds. The first-order valence-corrected chi connectivity index (χ1v) is 4.71. The van der Waals surface area contributed by atoms with Crippen LogP contribution in [-0.2, 0) is 9.59 Å². The molecular weight excluding hydrogens is 218 g/mol. The molecule has 7 nitrogen and oxygen atoms in total. The predicted octanol–water partition coefficient (Wildman–Crippen LogP) is -0.00680. The van der Waals surface area contributed by atoms with E-state index in [4.69, 9.17) is 10.2 Å². The first-order valence-electron chi connectivity index (χ1n) is 4.71. The monoisotopic (exact) mass is 227 g/mol. The van der Waals surface area contributed by atoms with Gasteiger partial charge in [-0.05, 0) is 12.3 Å². The number of nitrogens with zero attached hydrogens (tertiary/aromatic N) is 1. The Bertz CT molecular complexity index is 400. The Hall–Kier alpha value is -1.92. The lowest BCUT2D eigenvalue weighted by molar-refractivity contribution is -0.567. The number of rotatable bonds is 3. The summed E-state index contributed by atoms with van der Waals surface area (Å²) in [5.74, 6) is -5.94. The second-order valence-corrected chi connectivity index (χ2v) is 4.09. The quantitative estimate of drug-likeness (QED) is 0.397. The number of fused-ring (bicyclic) bond motifs is 2. The van der Waals surface area contributed by atoms with Crippen LogP contribution in [0.25, 0.3) is 0 Å². The maximum absolute atomic E-state index is 11.1. The summed E-state index contributed by atoms with van der Waals surface area (Å²) < 4.78 is 0. The van der Waals surface area contributed by atoms with Gasteiger partial charge in [-0.3, -0.25) is 14.9 Å². The van der Waals surface area contributed by atoms with E-state index in [-0.39, 0.29) is 6.42 Å². The van der Waals surface area contributed by atoms with Crippen molar-refractivity contribution in [1.82, 2.24) is 0 Å². The molecule has 7 heteroatoms. The van der Waals surface area contributed by atoms with Gasteiger partial charge < -0.3 is 10.2 Å². The highest BCUT2D eigenvalue weighted by Gasteiger charge is 2.73. The largest absolute Gasteiger partial charge is 0.481 e. The summed E-state index contributed by atoms with van der Waals surface area (Å²) in [6, 6.07) is 0. The molecule has 0 aromatic heterocycles. The number of aliphatic carboxylic acids is 2. The van der Waals surface area contributed by atoms with Crippen molar-refractivity contribution in [3.05, 3.63) is 22.3 Å². The molecule has 0 aromatic rings. The maximum Gasteiger partial charge on any atom is 0.384 e. The van der Waals surface area contributed by atoms with Crippen molar-refractivity contribution in [2.75, 3.05) is 0 Å². The molecule has 0 spiro atoms. The van der Waals surface area contributed by atoms with E-state index in [1.165, 1.54) is 6.08 Å². The van der Waals surface area contributed by atoms with E-state index in [0.29, 0.717) is 0 Å². The van der Waals surface area contributed by atoms with Crippen LogP contribution < -0.4 is 0 Å². The fraction of sp³-hybridized carbons (Fsp3) is 0.556. The molecule has 86 valence electrons. The van der Waals surface area contributed by atoms with Gasteiger partial charge in [0.25, 0.3) is 0 Å². The summed E-state index contributed by atoms with van der Waals surface area (Å²) in [6.45, 7) is 0. The van der Waals surface area contributed by atoms with Gasteiger partial charge in [-0.15, -0.1) is 0 Å². The zero-order valence-corrected chi connectivity index (χ0v) is 8.07. The van der Waals surface area contributed by atoms with Crippen LogP contribution in [0.2, 0.25) is 0 Å². The Balaban J connectivity index is 2.59. The molecule has 0 heterocycles. The third kappa shape index (κ3) is 0.971. The van der Waals surface area contributed by atoms with E-state index in [2.05, 4.69) is 0 Å². The number of carbonyl (C=O) groups is 2. The SMILES string of the molecule is O=C(O)[C@H]1[C@H]2C=C[C@@H](C2)[C@@]1(C(=O)O)[N+](=O)[O-]. The van der Waals surface area contributed by atoms with Gasteiger partial charge in [0.05, 0.1) is 5.92 Å². The van der Waals surface area contributed by atoms with E-state index in [1.807, 2.05) is 0 Å². The standard InChI is InChI=1S/C9H9NO6/c11-7(12)6-4-1-2-5(3-4)9(6,8(13)14)10(15)16/h1-2,4-6H,3H2,(H,11,12)(H,13,14)/t4-,5-,6+,9+/m0/s1. The third-order valence-corrected chi connectivity index (χ3v) is 3.50. The summed E-state index contributed by atoms with van der Waals surface area (Å²) in [5, 5.41) is 29.0. The highest BCUT2D eigenvalue weighted by Crippen LogP contribution is 2.52. The zero-order chi connectivity index (χ0) is 12.1. The Morgan fingerprint density at radius 2 is 2.00 bits per heavy atom. The summed E-state index contributed by atoms with van der Waals surface area (Å²) >= 11 is 0. The molecule has 2 aliphatic rings. The summed E-state index contributed by atoms with van der Waals surface area (Å²) in [7, 11) is 0. The van der Waals surface area contributed by atoms with E-state index in [0.717, 1.165) is 0 Å². The summed E-state index contributed by atoms with van der Waals surface area (Å²) in [5.41, 5.74) is -2.40. The van der Waals surface area contributed by atoms with Gasteiger partial charge in [0.1, 0.15) is 5.92 Å². The van der Waals surface area contributed by atoms with E-state index >= 15 is 0 Å². The number of hydrogen-bond donors (Lipinski definition) is 2. The van der Waals surface area contributed by atoms with Gasteiger partial charge in [-0.25, -0.2) is 4.79 Å². The van der Waals surface area contributed by atoms with Crippen LogP contribution in [0, 0.1) is 27.9 Å². The first-order chi connectivity index (χ1) is 7.42. The lowest BCUT2D eigenvalue weighted by Gasteiger charge is -2.27. The van der Waals surface area contributed by atoms with Crippen molar-refractivity contribution < 1.29 is 24.7 Å². The average Bonchev–Trinajstić information content (AvgIpc) is 2.73. The Morgan fingerprint density at radius 3 is 2.38 bits per heavy atom. The highest BCUT2D eigenvalue weighted by molar-refractivity contribution is 5.88. The van der Waals surface area contributed by atoms with E-state index < -0.39 is 40.2 Å². The van der Waals surface area contributed by atoms with Gasteiger partial charge in [0.2, 0.25) is 0 Å². The second-order valence-electron chi connectivity index (χ2n) is 4.09. The van der Waals surface area contributed by atoms with Gasteiger partial charge in [0, 0.05) is 4.92 Å². The first kappa shape index (κ1) is 10.6. The molecule has 2 rings (SSSR count). The van der Waals surface area contributed by atoms with Crippen LogP contribution >= 0.6 is 0 Å². The minimum Gasteiger partial charge on any atom is -0.481 e. The molecule has 2 N–H and O–H groups in total. The zero-order valence-electron chi connectivity index (χ0n) is 8.07. The smallest absolute Gasteiger partial charge is 0.384 e. The second kappa shape index (κ2) is 3.03. The van der Waals surface area contributed by atoms with Crippen LogP contribution in [-0.4, -0.2) is 32.6 Å². The van der Waals surface area contributed by atoms with E-state index in [1.54, 1.807) is 6.08 Å². The highest BCUT2D eigenvalue weighted by atomic mass is 16.6. The van der Waals surface area contributed by atoms with Gasteiger partial charge in [-0.1, -0.05) is 12.2 Å². The van der Waals surface area contributed by atoms with Crippen LogP contribution in [0.4, 0.5) is 0 Å². The molecular formula is C9H9NO6. The van der Waals surface area contributed by atoms with Gasteiger partial charge >= 0.3 is 17.5 Å². The molecule has 2 aliphatic carbocycles. The average molecular weight is 227 g/mol. The van der Waals surface area contributed by atoms with Crippen molar-refractivity contribution >= 4 is 11.9 Å². The topological polar surface area (TPSA) is 118 Å². The molecule has 2 bridgehead atoms. The van der Waals surface area contributed by atoms with Crippen LogP contribution in [0.5, 0.6) is 0 Å². The number of hydrogen-bond acceptors (Lipinski definition) is 4. The molecule has 4 atom stereocenters. The minimum absolute atomic E-state index is 0.226. The molecule has 1 saturated carbocycles. The predicted molar refractivity (Wildman–Crippen MR) is 49.2 cm³/mol. The van der Waals surface area contributed by atoms with Gasteiger partial charge in [0.15, 0.2) is 0 Å². The summed E-state index contributed by atoms with van der Waals surface area (Å²) in [6.07, 6.45) is 3.24.